The van der Waals surface area contributed by atoms with Crippen LogP contribution >= 0.6 is 0 Å². The molecule has 0 heterocycles. The minimum atomic E-state index is -0.0241. The number of nitrogens with zero attached hydrogens (tertiary/aromatic N) is 2. The van der Waals surface area contributed by atoms with E-state index in [1.54, 1.807) is 11.9 Å². The van der Waals surface area contributed by atoms with E-state index in [2.05, 4.69) is 19.2 Å². The first-order valence-corrected chi connectivity index (χ1v) is 4.82. The lowest BCUT2D eigenvalue weighted by atomic mass is 10.1. The Hall–Kier alpha value is -1.08. The molecule has 1 amide bonds. The SMILES string of the molecule is CC(C)C(C)NC(=O)CN(C)CC#N. The standard InChI is InChI=1S/C10H19N3O/c1-8(2)9(3)12-10(14)7-13(4)6-5-11/h8-9H,6-7H2,1-4H3,(H,12,14). The maximum atomic E-state index is 11.4. The molecule has 0 aliphatic heterocycles. The quantitative estimate of drug-likeness (QED) is 0.657. The molecule has 0 aromatic heterocycles. The molecule has 80 valence electrons. The van der Waals surface area contributed by atoms with Crippen molar-refractivity contribution in [2.45, 2.75) is 26.8 Å². The van der Waals surface area contributed by atoms with Crippen LogP contribution in [0.2, 0.25) is 0 Å². The Labute approximate surface area is 85.9 Å². The summed E-state index contributed by atoms with van der Waals surface area (Å²) in [5, 5.41) is 11.3. The van der Waals surface area contributed by atoms with Gasteiger partial charge in [-0.2, -0.15) is 5.26 Å². The Morgan fingerprint density at radius 2 is 2.07 bits per heavy atom. The lowest BCUT2D eigenvalue weighted by molar-refractivity contribution is -0.122. The minimum absolute atomic E-state index is 0.0241. The number of hydrogen-bond acceptors (Lipinski definition) is 3. The highest BCUT2D eigenvalue weighted by Gasteiger charge is 2.11. The normalized spacial score (nSPS) is 12.6. The maximum absolute atomic E-state index is 11.4. The maximum Gasteiger partial charge on any atom is 0.234 e. The van der Waals surface area contributed by atoms with Crippen LogP contribution in [0.25, 0.3) is 0 Å². The lowest BCUT2D eigenvalue weighted by Crippen LogP contribution is -2.41. The smallest absolute Gasteiger partial charge is 0.234 e. The van der Waals surface area contributed by atoms with Crippen LogP contribution in [-0.2, 0) is 4.79 Å². The summed E-state index contributed by atoms with van der Waals surface area (Å²) < 4.78 is 0. The van der Waals surface area contributed by atoms with Crippen LogP contribution in [0, 0.1) is 17.2 Å². The zero-order valence-electron chi connectivity index (χ0n) is 9.37. The Morgan fingerprint density at radius 3 is 2.50 bits per heavy atom. The highest BCUT2D eigenvalue weighted by Crippen LogP contribution is 1.99. The van der Waals surface area contributed by atoms with Gasteiger partial charge in [0.1, 0.15) is 0 Å². The molecule has 0 aromatic rings. The van der Waals surface area contributed by atoms with Crippen molar-refractivity contribution in [2.24, 2.45) is 5.92 Å². The van der Waals surface area contributed by atoms with Crippen LogP contribution in [0.5, 0.6) is 0 Å². The van der Waals surface area contributed by atoms with Crippen molar-refractivity contribution < 1.29 is 4.79 Å². The largest absolute Gasteiger partial charge is 0.352 e. The molecule has 0 saturated heterocycles. The molecule has 0 rings (SSSR count). The van der Waals surface area contributed by atoms with Gasteiger partial charge < -0.3 is 5.32 Å². The van der Waals surface area contributed by atoms with Gasteiger partial charge >= 0.3 is 0 Å². The summed E-state index contributed by atoms with van der Waals surface area (Å²) in [5.74, 6) is 0.407. The highest BCUT2D eigenvalue weighted by molar-refractivity contribution is 5.78. The fraction of sp³-hybridized carbons (Fsp3) is 0.800. The molecule has 0 aromatic carbocycles. The Balaban J connectivity index is 3.82. The molecular formula is C10H19N3O. The summed E-state index contributed by atoms with van der Waals surface area (Å²) in [4.78, 5) is 13.1. The summed E-state index contributed by atoms with van der Waals surface area (Å²) in [6, 6.07) is 2.17. The zero-order valence-corrected chi connectivity index (χ0v) is 9.37. The molecule has 0 radical (unpaired) electrons. The number of carbonyl (C=O) groups is 1. The summed E-state index contributed by atoms with van der Waals surface area (Å²) in [5.41, 5.74) is 0. The van der Waals surface area contributed by atoms with E-state index in [0.29, 0.717) is 5.92 Å². The van der Waals surface area contributed by atoms with Gasteiger partial charge in [-0.15, -0.1) is 0 Å². The predicted molar refractivity (Wildman–Crippen MR) is 55.6 cm³/mol. The highest BCUT2D eigenvalue weighted by atomic mass is 16.2. The first-order valence-electron chi connectivity index (χ1n) is 4.82. The van der Waals surface area contributed by atoms with Gasteiger partial charge in [0, 0.05) is 6.04 Å². The van der Waals surface area contributed by atoms with Crippen LogP contribution in [0.4, 0.5) is 0 Å². The Bertz CT molecular complexity index is 220. The third-order valence-corrected chi connectivity index (χ3v) is 2.14. The Morgan fingerprint density at radius 1 is 1.50 bits per heavy atom. The van der Waals surface area contributed by atoms with Crippen molar-refractivity contribution >= 4 is 5.91 Å². The number of rotatable bonds is 5. The first-order chi connectivity index (χ1) is 6.47. The second-order valence-corrected chi connectivity index (χ2v) is 3.93. The molecule has 14 heavy (non-hydrogen) atoms. The summed E-state index contributed by atoms with van der Waals surface area (Å²) in [7, 11) is 1.75. The number of likely N-dealkylation sites (N-methyl/N-ethyl adjacent to an activating group) is 1. The van der Waals surface area contributed by atoms with Crippen molar-refractivity contribution in [3.8, 4) is 6.07 Å². The fourth-order valence-electron chi connectivity index (χ4n) is 0.888. The minimum Gasteiger partial charge on any atom is -0.352 e. The van der Waals surface area contributed by atoms with Crippen molar-refractivity contribution in [3.05, 3.63) is 0 Å². The zero-order chi connectivity index (χ0) is 11.1. The number of nitrogens with one attached hydrogen (secondary N) is 1. The molecule has 0 spiro atoms. The third kappa shape index (κ3) is 5.55. The molecule has 1 atom stereocenters. The fourth-order valence-corrected chi connectivity index (χ4v) is 0.888. The van der Waals surface area contributed by atoms with E-state index in [1.165, 1.54) is 0 Å². The summed E-state index contributed by atoms with van der Waals surface area (Å²) in [6.45, 7) is 6.66. The molecule has 1 unspecified atom stereocenters. The van der Waals surface area contributed by atoms with Gasteiger partial charge in [0.15, 0.2) is 0 Å². The van der Waals surface area contributed by atoms with E-state index in [1.807, 2.05) is 13.0 Å². The molecule has 1 N–H and O–H groups in total. The van der Waals surface area contributed by atoms with E-state index in [4.69, 9.17) is 5.26 Å². The van der Waals surface area contributed by atoms with Crippen LogP contribution < -0.4 is 5.32 Å². The van der Waals surface area contributed by atoms with Crippen LogP contribution in [-0.4, -0.2) is 37.0 Å². The predicted octanol–water partition coefficient (Wildman–Crippen LogP) is 0.602. The molecule has 0 aliphatic carbocycles. The van der Waals surface area contributed by atoms with Gasteiger partial charge in [-0.1, -0.05) is 13.8 Å². The number of amides is 1. The van der Waals surface area contributed by atoms with E-state index in [9.17, 15) is 4.79 Å². The van der Waals surface area contributed by atoms with Crippen molar-refractivity contribution in [3.63, 3.8) is 0 Å². The van der Waals surface area contributed by atoms with Crippen LogP contribution in [0.15, 0.2) is 0 Å². The first kappa shape index (κ1) is 12.9. The second kappa shape index (κ2) is 6.39. The third-order valence-electron chi connectivity index (χ3n) is 2.14. The summed E-state index contributed by atoms with van der Waals surface area (Å²) >= 11 is 0. The molecule has 4 nitrogen and oxygen atoms in total. The van der Waals surface area contributed by atoms with E-state index >= 15 is 0 Å². The topological polar surface area (TPSA) is 56.1 Å². The van der Waals surface area contributed by atoms with Gasteiger partial charge in [-0.05, 0) is 19.9 Å². The van der Waals surface area contributed by atoms with Gasteiger partial charge in [-0.25, -0.2) is 0 Å². The summed E-state index contributed by atoms with van der Waals surface area (Å²) in [6.07, 6.45) is 0. The van der Waals surface area contributed by atoms with Gasteiger partial charge in [-0.3, -0.25) is 9.69 Å². The van der Waals surface area contributed by atoms with Crippen LogP contribution in [0.1, 0.15) is 20.8 Å². The van der Waals surface area contributed by atoms with Crippen molar-refractivity contribution in [1.82, 2.24) is 10.2 Å². The second-order valence-electron chi connectivity index (χ2n) is 3.93. The molecule has 0 aliphatic rings. The van der Waals surface area contributed by atoms with E-state index < -0.39 is 0 Å². The van der Waals surface area contributed by atoms with Gasteiger partial charge in [0.25, 0.3) is 0 Å². The molecule has 0 bridgehead atoms. The average molecular weight is 197 g/mol. The molecule has 4 heteroatoms. The number of carbonyl (C=O) groups excluding carboxylic acids is 1. The average Bonchev–Trinajstić information content (AvgIpc) is 2.03. The van der Waals surface area contributed by atoms with E-state index in [-0.39, 0.29) is 25.0 Å². The molecule has 0 saturated carbocycles. The molecular weight excluding hydrogens is 178 g/mol. The van der Waals surface area contributed by atoms with Crippen molar-refractivity contribution in [2.75, 3.05) is 20.1 Å². The monoisotopic (exact) mass is 197 g/mol. The van der Waals surface area contributed by atoms with E-state index in [0.717, 1.165) is 0 Å². The van der Waals surface area contributed by atoms with Crippen molar-refractivity contribution in [1.29, 1.82) is 5.26 Å². The molecule has 0 fully saturated rings. The van der Waals surface area contributed by atoms with Crippen LogP contribution in [0.3, 0.4) is 0 Å². The van der Waals surface area contributed by atoms with Gasteiger partial charge in [0.2, 0.25) is 5.91 Å². The Kier molecular flexibility index (Phi) is 5.89. The number of nitriles is 1. The lowest BCUT2D eigenvalue weighted by Gasteiger charge is -2.19. The van der Waals surface area contributed by atoms with Gasteiger partial charge in [0.05, 0.1) is 19.2 Å². The number of hydrogen-bond donors (Lipinski definition) is 1.